The number of hydrogen-bond acceptors (Lipinski definition) is 9. The van der Waals surface area contributed by atoms with E-state index in [-0.39, 0.29) is 30.5 Å². The predicted molar refractivity (Wildman–Crippen MR) is 195 cm³/mol. The molecule has 1 aliphatic rings. The van der Waals surface area contributed by atoms with Crippen LogP contribution in [0.4, 0.5) is 0 Å². The van der Waals surface area contributed by atoms with Crippen molar-refractivity contribution >= 4 is 45.8 Å². The van der Waals surface area contributed by atoms with Gasteiger partial charge in [-0.3, -0.25) is 9.36 Å². The Hall–Kier alpha value is -5.06. The van der Waals surface area contributed by atoms with Crippen molar-refractivity contribution in [2.24, 2.45) is 4.99 Å². The summed E-state index contributed by atoms with van der Waals surface area (Å²) in [5.74, 6) is 1.29. The third kappa shape index (κ3) is 6.86. The normalized spacial score (nSPS) is 14.4. The minimum Gasteiger partial charge on any atom is -0.493 e. The maximum atomic E-state index is 14.2. The molecule has 0 radical (unpaired) electrons. The zero-order chi connectivity index (χ0) is 35.5. The predicted octanol–water partition coefficient (Wildman–Crippen LogP) is 6.99. The summed E-state index contributed by atoms with van der Waals surface area (Å²) in [5.41, 5.74) is 2.67. The lowest BCUT2D eigenvalue weighted by Gasteiger charge is -2.25. The molecule has 1 atom stereocenters. The number of aromatic nitrogens is 1. The lowest BCUT2D eigenvalue weighted by atomic mass is 9.95. The van der Waals surface area contributed by atoms with E-state index in [1.165, 1.54) is 15.9 Å². The van der Waals surface area contributed by atoms with Crippen LogP contribution in [0.3, 0.4) is 0 Å². The average Bonchev–Trinajstić information content (AvgIpc) is 3.40. The van der Waals surface area contributed by atoms with E-state index in [2.05, 4.69) is 23.2 Å². The number of fused-ring (bicyclic) bond motifs is 2. The Balaban J connectivity index is 1.41. The lowest BCUT2D eigenvalue weighted by molar-refractivity contribution is -0.139. The number of thiazole rings is 1. The maximum absolute atomic E-state index is 14.2. The summed E-state index contributed by atoms with van der Waals surface area (Å²) >= 11 is 7.99. The van der Waals surface area contributed by atoms with Crippen molar-refractivity contribution in [3.63, 3.8) is 0 Å². The highest BCUT2D eigenvalue weighted by Crippen LogP contribution is 2.39. The van der Waals surface area contributed by atoms with E-state index in [0.29, 0.717) is 54.2 Å². The first-order valence-electron chi connectivity index (χ1n) is 16.1. The van der Waals surface area contributed by atoms with E-state index in [1.54, 1.807) is 58.4 Å². The highest BCUT2D eigenvalue weighted by Gasteiger charge is 2.34. The summed E-state index contributed by atoms with van der Waals surface area (Å²) in [6.07, 6.45) is 1.65. The van der Waals surface area contributed by atoms with Crippen LogP contribution in [0, 0.1) is 0 Å². The van der Waals surface area contributed by atoms with Gasteiger partial charge in [-0.25, -0.2) is 9.79 Å². The molecule has 50 heavy (non-hydrogen) atoms. The molecule has 0 saturated heterocycles. The van der Waals surface area contributed by atoms with Crippen LogP contribution in [-0.4, -0.2) is 37.5 Å². The quantitative estimate of drug-likeness (QED) is 0.136. The number of ether oxygens (including phenoxy) is 5. The van der Waals surface area contributed by atoms with Gasteiger partial charge >= 0.3 is 5.97 Å². The van der Waals surface area contributed by atoms with E-state index >= 15 is 0 Å². The third-order valence-electron chi connectivity index (χ3n) is 8.18. The van der Waals surface area contributed by atoms with E-state index in [9.17, 15) is 9.59 Å². The number of methoxy groups -OCH3 is 2. The van der Waals surface area contributed by atoms with Crippen LogP contribution in [0.1, 0.15) is 50.4 Å². The summed E-state index contributed by atoms with van der Waals surface area (Å²) in [4.78, 5) is 32.7. The molecule has 11 heteroatoms. The van der Waals surface area contributed by atoms with Gasteiger partial charge in [-0.2, -0.15) is 0 Å². The number of hydrogen-bond donors (Lipinski definition) is 0. The van der Waals surface area contributed by atoms with Crippen LogP contribution >= 0.6 is 22.9 Å². The molecule has 1 aliphatic heterocycles. The largest absolute Gasteiger partial charge is 0.493 e. The zero-order valence-corrected chi connectivity index (χ0v) is 30.2. The van der Waals surface area contributed by atoms with Crippen molar-refractivity contribution in [3.05, 3.63) is 125 Å². The molecule has 0 unspecified atom stereocenters. The Kier molecular flexibility index (Phi) is 10.3. The molecule has 0 fully saturated rings. The second kappa shape index (κ2) is 14.8. The number of carbonyl (C=O) groups excluding carboxylic acids is 1. The van der Waals surface area contributed by atoms with E-state index in [1.807, 2.05) is 44.2 Å². The first-order valence-corrected chi connectivity index (χ1v) is 17.3. The fraction of sp³-hybridized carbons (Fsp3) is 0.256. The molecular weight excluding hydrogens is 676 g/mol. The van der Waals surface area contributed by atoms with Crippen molar-refractivity contribution in [2.45, 2.75) is 46.4 Å². The Labute approximate surface area is 298 Å². The Morgan fingerprint density at radius 1 is 1.00 bits per heavy atom. The van der Waals surface area contributed by atoms with E-state index in [0.717, 1.165) is 16.3 Å². The molecule has 0 amide bonds. The minimum absolute atomic E-state index is 0.0818. The van der Waals surface area contributed by atoms with Crippen molar-refractivity contribution < 1.29 is 28.5 Å². The van der Waals surface area contributed by atoms with Gasteiger partial charge in [-0.05, 0) is 85.5 Å². The molecular formula is C39H37ClN2O7S. The number of nitrogens with zero attached hydrogens (tertiary/aromatic N) is 2. The molecule has 0 saturated carbocycles. The molecule has 9 nitrogen and oxygen atoms in total. The number of rotatable bonds is 11. The summed E-state index contributed by atoms with van der Waals surface area (Å²) in [6, 6.07) is 22.2. The third-order valence-corrected chi connectivity index (χ3v) is 9.45. The maximum Gasteiger partial charge on any atom is 0.338 e. The highest BCUT2D eigenvalue weighted by atomic mass is 35.5. The van der Waals surface area contributed by atoms with Gasteiger partial charge < -0.3 is 23.7 Å². The SMILES string of the molecule is CCOC(=O)C1=C(C)N=c2s/c(=C\c3cc(Cl)c(OCc4cccc5ccccc45)c(OC)c3)c(=O)n2[C@H]1c1ccc(OC(C)C)c(OC)c1. The van der Waals surface area contributed by atoms with Gasteiger partial charge in [0.05, 0.1) is 53.8 Å². The Bertz CT molecular complexity index is 2300. The molecule has 2 heterocycles. The summed E-state index contributed by atoms with van der Waals surface area (Å²) < 4.78 is 30.8. The standard InChI is InChI=1S/C39H37ClN2O7S/c1-7-47-38(44)34-23(4)41-39-42(35(34)26-15-16-30(49-22(2)3)31(20-26)45-5)37(43)33(50-39)19-24-17-29(40)36(32(18-24)46-6)48-21-27-13-10-12-25-11-8-9-14-28(25)27/h8-20,22,35H,7,21H2,1-6H3/b33-19-/t35-/m0/s1. The first kappa shape index (κ1) is 34.8. The van der Waals surface area contributed by atoms with Gasteiger partial charge in [0.1, 0.15) is 6.61 Å². The highest BCUT2D eigenvalue weighted by molar-refractivity contribution is 7.07. The van der Waals surface area contributed by atoms with Gasteiger partial charge in [-0.1, -0.05) is 71.5 Å². The van der Waals surface area contributed by atoms with Gasteiger partial charge in [0.15, 0.2) is 27.8 Å². The van der Waals surface area contributed by atoms with Gasteiger partial charge in [0.25, 0.3) is 5.56 Å². The molecule has 0 spiro atoms. The van der Waals surface area contributed by atoms with Gasteiger partial charge in [0, 0.05) is 0 Å². The Morgan fingerprint density at radius 2 is 1.76 bits per heavy atom. The van der Waals surface area contributed by atoms with Crippen molar-refractivity contribution in [2.75, 3.05) is 20.8 Å². The molecule has 258 valence electrons. The van der Waals surface area contributed by atoms with Gasteiger partial charge in [-0.15, -0.1) is 0 Å². The average molecular weight is 713 g/mol. The van der Waals surface area contributed by atoms with E-state index in [4.69, 9.17) is 35.3 Å². The second-order valence-electron chi connectivity index (χ2n) is 11.8. The van der Waals surface area contributed by atoms with Crippen LogP contribution in [0.15, 0.2) is 93.9 Å². The molecule has 1 aromatic heterocycles. The van der Waals surface area contributed by atoms with Gasteiger partial charge in [0.2, 0.25) is 0 Å². The molecule has 6 rings (SSSR count). The summed E-state index contributed by atoms with van der Waals surface area (Å²) in [7, 11) is 3.09. The van der Waals surface area contributed by atoms with Crippen LogP contribution in [0.5, 0.6) is 23.0 Å². The number of allylic oxidation sites excluding steroid dienone is 1. The van der Waals surface area contributed by atoms with Crippen molar-refractivity contribution in [1.82, 2.24) is 4.57 Å². The molecule has 5 aromatic rings. The number of carbonyl (C=O) groups is 1. The first-order chi connectivity index (χ1) is 24.1. The van der Waals surface area contributed by atoms with Crippen LogP contribution < -0.4 is 33.8 Å². The second-order valence-corrected chi connectivity index (χ2v) is 13.3. The molecule has 0 N–H and O–H groups in total. The molecule has 0 aliphatic carbocycles. The monoisotopic (exact) mass is 712 g/mol. The van der Waals surface area contributed by atoms with Crippen molar-refractivity contribution in [3.8, 4) is 23.0 Å². The van der Waals surface area contributed by atoms with E-state index < -0.39 is 12.0 Å². The van der Waals surface area contributed by atoms with Crippen molar-refractivity contribution in [1.29, 1.82) is 0 Å². The Morgan fingerprint density at radius 3 is 2.50 bits per heavy atom. The molecule has 4 aromatic carbocycles. The van der Waals surface area contributed by atoms with Crippen LogP contribution in [0.2, 0.25) is 5.02 Å². The smallest absolute Gasteiger partial charge is 0.338 e. The number of halogens is 1. The summed E-state index contributed by atoms with van der Waals surface area (Å²) in [6.45, 7) is 7.77. The zero-order valence-electron chi connectivity index (χ0n) is 28.6. The number of benzene rings is 4. The topological polar surface area (TPSA) is 97.6 Å². The fourth-order valence-electron chi connectivity index (χ4n) is 6.00. The van der Waals surface area contributed by atoms with Crippen LogP contribution in [0.25, 0.3) is 16.8 Å². The lowest BCUT2D eigenvalue weighted by Crippen LogP contribution is -2.40. The van der Waals surface area contributed by atoms with Crippen LogP contribution in [-0.2, 0) is 16.1 Å². The summed E-state index contributed by atoms with van der Waals surface area (Å²) in [5, 5.41) is 2.54. The fourth-order valence-corrected chi connectivity index (χ4v) is 7.32. The number of esters is 1. The molecule has 0 bridgehead atoms. The minimum atomic E-state index is -0.822.